The molecule has 0 aliphatic heterocycles. The molecule has 0 fully saturated rings. The van der Waals surface area contributed by atoms with Gasteiger partial charge >= 0.3 is 0 Å². The van der Waals surface area contributed by atoms with E-state index in [9.17, 15) is 0 Å². The van der Waals surface area contributed by atoms with E-state index in [0.29, 0.717) is 0 Å². The highest BCUT2D eigenvalue weighted by Gasteiger charge is 2.11. The van der Waals surface area contributed by atoms with Gasteiger partial charge in [0.05, 0.1) is 4.21 Å². The lowest BCUT2D eigenvalue weighted by Crippen LogP contribution is -2.29. The summed E-state index contributed by atoms with van der Waals surface area (Å²) in [5, 5.41) is 0. The van der Waals surface area contributed by atoms with Gasteiger partial charge < -0.3 is 0 Å². The minimum atomic E-state index is 0.136. The van der Waals surface area contributed by atoms with Crippen LogP contribution in [0.15, 0.2) is 40.6 Å². The Bertz CT molecular complexity index is 523. The van der Waals surface area contributed by atoms with Gasteiger partial charge in [-0.3, -0.25) is 4.72 Å². The summed E-state index contributed by atoms with van der Waals surface area (Å²) >= 11 is 3.56. The summed E-state index contributed by atoms with van der Waals surface area (Å²) in [6.07, 6.45) is 0. The Morgan fingerprint density at radius 1 is 1.06 bits per heavy atom. The molecule has 2 aromatic rings. The number of nitrogens with one attached hydrogen (secondary N) is 1. The van der Waals surface area contributed by atoms with E-state index in [2.05, 4.69) is 68.8 Å². The Kier molecular flexibility index (Phi) is 4.15. The third-order valence-corrected chi connectivity index (χ3v) is 4.91. The van der Waals surface area contributed by atoms with Crippen LogP contribution in [0.4, 0.5) is 0 Å². The van der Waals surface area contributed by atoms with E-state index in [4.69, 9.17) is 0 Å². The van der Waals surface area contributed by atoms with Crippen molar-refractivity contribution in [3.05, 3.63) is 42.0 Å². The monoisotopic (exact) mass is 277 g/mol. The highest BCUT2D eigenvalue weighted by Crippen LogP contribution is 2.34. The smallest absolute Gasteiger partial charge is 0.0758 e. The molecule has 1 nitrogen and oxygen atoms in total. The largest absolute Gasteiger partial charge is 0.254 e. The standard InChI is InChI=1S/C15H19NS2/c1-11-7-5-6-8-12(11)13-9-10-14(17-13)18-16-15(2,3)4/h5-10,16H,1-4H3. The quantitative estimate of drug-likeness (QED) is 0.782. The lowest BCUT2D eigenvalue weighted by Gasteiger charge is -2.18. The zero-order chi connectivity index (χ0) is 13.2. The van der Waals surface area contributed by atoms with Crippen molar-refractivity contribution in [3.8, 4) is 10.4 Å². The van der Waals surface area contributed by atoms with Gasteiger partial charge in [-0.15, -0.1) is 11.3 Å². The minimum Gasteiger partial charge on any atom is -0.254 e. The van der Waals surface area contributed by atoms with Crippen molar-refractivity contribution in [3.63, 3.8) is 0 Å². The van der Waals surface area contributed by atoms with E-state index in [1.54, 1.807) is 11.9 Å². The number of benzene rings is 1. The second-order valence-corrected chi connectivity index (χ2v) is 7.58. The van der Waals surface area contributed by atoms with Gasteiger partial charge in [-0.05, 0) is 62.9 Å². The average molecular weight is 277 g/mol. The SMILES string of the molecule is Cc1ccccc1-c1ccc(SNC(C)(C)C)s1. The molecule has 0 unspecified atom stereocenters. The number of hydrogen-bond donors (Lipinski definition) is 1. The number of aryl methyl sites for hydroxylation is 1. The summed E-state index contributed by atoms with van der Waals surface area (Å²) < 4.78 is 4.75. The minimum absolute atomic E-state index is 0.136. The number of hydrogen-bond acceptors (Lipinski definition) is 3. The Morgan fingerprint density at radius 3 is 2.44 bits per heavy atom. The van der Waals surface area contributed by atoms with E-state index in [0.717, 1.165) is 0 Å². The summed E-state index contributed by atoms with van der Waals surface area (Å²) in [5.74, 6) is 0. The Labute approximate surface area is 118 Å². The lowest BCUT2D eigenvalue weighted by atomic mass is 10.1. The summed E-state index contributed by atoms with van der Waals surface area (Å²) in [6, 6.07) is 12.9. The van der Waals surface area contributed by atoms with E-state index in [-0.39, 0.29) is 5.54 Å². The van der Waals surface area contributed by atoms with E-state index >= 15 is 0 Å². The van der Waals surface area contributed by atoms with Gasteiger partial charge in [0.1, 0.15) is 0 Å². The maximum Gasteiger partial charge on any atom is 0.0758 e. The van der Waals surface area contributed by atoms with Crippen LogP contribution in [0.2, 0.25) is 0 Å². The van der Waals surface area contributed by atoms with Gasteiger partial charge in [-0.25, -0.2) is 0 Å². The van der Waals surface area contributed by atoms with Gasteiger partial charge in [-0.1, -0.05) is 24.3 Å². The second kappa shape index (κ2) is 5.47. The highest BCUT2D eigenvalue weighted by atomic mass is 32.2. The molecule has 0 saturated heterocycles. The van der Waals surface area contributed by atoms with Crippen molar-refractivity contribution in [2.45, 2.75) is 37.4 Å². The summed E-state index contributed by atoms with van der Waals surface area (Å²) in [4.78, 5) is 1.34. The number of thiophene rings is 1. The topological polar surface area (TPSA) is 12.0 Å². The average Bonchev–Trinajstić information content (AvgIpc) is 2.75. The fourth-order valence-corrected chi connectivity index (χ4v) is 3.50. The van der Waals surface area contributed by atoms with Crippen LogP contribution < -0.4 is 4.72 Å². The van der Waals surface area contributed by atoms with Crippen LogP contribution in [0.1, 0.15) is 26.3 Å². The van der Waals surface area contributed by atoms with Gasteiger partial charge in [0.2, 0.25) is 0 Å². The third kappa shape index (κ3) is 3.61. The Hall–Kier alpha value is -0.770. The molecule has 0 aliphatic rings. The zero-order valence-electron chi connectivity index (χ0n) is 11.3. The summed E-state index contributed by atoms with van der Waals surface area (Å²) in [6.45, 7) is 8.69. The Morgan fingerprint density at radius 2 is 1.78 bits per heavy atom. The van der Waals surface area contributed by atoms with Crippen molar-refractivity contribution in [1.29, 1.82) is 0 Å². The molecule has 0 spiro atoms. The van der Waals surface area contributed by atoms with E-state index < -0.39 is 0 Å². The first-order chi connectivity index (χ1) is 8.46. The first kappa shape index (κ1) is 13.7. The van der Waals surface area contributed by atoms with Crippen LogP contribution in [0, 0.1) is 6.92 Å². The molecule has 18 heavy (non-hydrogen) atoms. The Balaban J connectivity index is 2.14. The molecule has 0 saturated carbocycles. The van der Waals surface area contributed by atoms with Gasteiger partial charge in [0.15, 0.2) is 0 Å². The first-order valence-corrected chi connectivity index (χ1v) is 7.69. The molecule has 1 aromatic heterocycles. The molecule has 0 radical (unpaired) electrons. The molecule has 96 valence electrons. The summed E-state index contributed by atoms with van der Waals surface area (Å²) in [5.41, 5.74) is 2.81. The molecule has 0 bridgehead atoms. The van der Waals surface area contributed by atoms with Crippen molar-refractivity contribution in [1.82, 2.24) is 4.72 Å². The van der Waals surface area contributed by atoms with Crippen LogP contribution >= 0.6 is 23.3 Å². The van der Waals surface area contributed by atoms with Gasteiger partial charge in [0, 0.05) is 10.4 Å². The van der Waals surface area contributed by atoms with Crippen LogP contribution in [-0.2, 0) is 0 Å². The van der Waals surface area contributed by atoms with Crippen molar-refractivity contribution < 1.29 is 0 Å². The van der Waals surface area contributed by atoms with Crippen LogP contribution in [0.25, 0.3) is 10.4 Å². The fourth-order valence-electron chi connectivity index (χ4n) is 1.57. The molecule has 3 heteroatoms. The molecular formula is C15H19NS2. The maximum absolute atomic E-state index is 3.44. The predicted molar refractivity (Wildman–Crippen MR) is 83.2 cm³/mol. The normalized spacial score (nSPS) is 11.8. The van der Waals surface area contributed by atoms with Crippen molar-refractivity contribution >= 4 is 23.3 Å². The third-order valence-electron chi connectivity index (χ3n) is 2.45. The molecule has 1 N–H and O–H groups in total. The molecule has 0 atom stereocenters. The maximum atomic E-state index is 3.44. The molecule has 0 amide bonds. The second-order valence-electron chi connectivity index (χ2n) is 5.39. The van der Waals surface area contributed by atoms with Gasteiger partial charge in [-0.2, -0.15) is 0 Å². The van der Waals surface area contributed by atoms with Crippen LogP contribution in [-0.4, -0.2) is 5.54 Å². The first-order valence-electron chi connectivity index (χ1n) is 6.05. The molecule has 0 aliphatic carbocycles. The van der Waals surface area contributed by atoms with Crippen molar-refractivity contribution in [2.24, 2.45) is 0 Å². The van der Waals surface area contributed by atoms with Crippen LogP contribution in [0.5, 0.6) is 0 Å². The predicted octanol–water partition coefficient (Wildman–Crippen LogP) is 5.12. The molecule has 1 aromatic carbocycles. The van der Waals surface area contributed by atoms with Crippen LogP contribution in [0.3, 0.4) is 0 Å². The van der Waals surface area contributed by atoms with Gasteiger partial charge in [0.25, 0.3) is 0 Å². The molecule has 2 rings (SSSR count). The van der Waals surface area contributed by atoms with E-state index in [1.165, 1.54) is 20.2 Å². The molecule has 1 heterocycles. The fraction of sp³-hybridized carbons (Fsp3) is 0.333. The highest BCUT2D eigenvalue weighted by molar-refractivity contribution is 7.99. The number of rotatable bonds is 3. The summed E-state index contributed by atoms with van der Waals surface area (Å²) in [7, 11) is 0. The van der Waals surface area contributed by atoms with E-state index in [1.807, 2.05) is 11.3 Å². The zero-order valence-corrected chi connectivity index (χ0v) is 12.9. The van der Waals surface area contributed by atoms with Crippen molar-refractivity contribution in [2.75, 3.05) is 0 Å². The lowest BCUT2D eigenvalue weighted by molar-refractivity contribution is 0.536. The molecular weight excluding hydrogens is 258 g/mol.